The van der Waals surface area contributed by atoms with E-state index in [1.165, 1.54) is 5.56 Å². The van der Waals surface area contributed by atoms with E-state index < -0.39 is 14.2 Å². The molecule has 0 saturated heterocycles. The van der Waals surface area contributed by atoms with Gasteiger partial charge < -0.3 is 4.74 Å². The van der Waals surface area contributed by atoms with E-state index in [2.05, 4.69) is 19.1 Å². The molecule has 23 heavy (non-hydrogen) atoms. The summed E-state index contributed by atoms with van der Waals surface area (Å²) in [5, 5.41) is 0. The zero-order valence-electron chi connectivity index (χ0n) is 12.1. The van der Waals surface area contributed by atoms with E-state index in [0.29, 0.717) is 5.92 Å². The van der Waals surface area contributed by atoms with Crippen LogP contribution >= 0.6 is 0 Å². The molecule has 0 bridgehead atoms. The number of fused-ring (bicyclic) bond motifs is 2. The minimum atomic E-state index is -11.1. The molecule has 0 radical (unpaired) electrons. The van der Waals surface area contributed by atoms with E-state index in [0.717, 1.165) is 23.0 Å². The van der Waals surface area contributed by atoms with Gasteiger partial charge in [-0.25, -0.2) is 0 Å². The number of ether oxygens (including phenoxy) is 1. The molecule has 1 heterocycles. The van der Waals surface area contributed by atoms with Crippen LogP contribution in [0.1, 0.15) is 12.5 Å². The van der Waals surface area contributed by atoms with Gasteiger partial charge in [-0.3, -0.25) is 0 Å². The second kappa shape index (κ2) is 4.90. The summed E-state index contributed by atoms with van der Waals surface area (Å²) in [5.41, 5.74) is 1.17. The Hall–Kier alpha value is -1.69. The Bertz CT molecular complexity index is 720. The van der Waals surface area contributed by atoms with E-state index in [4.69, 9.17) is 9.16 Å². The van der Waals surface area contributed by atoms with E-state index in [-0.39, 0.29) is 0 Å². The Morgan fingerprint density at radius 1 is 1.09 bits per heavy atom. The van der Waals surface area contributed by atoms with Gasteiger partial charge in [0.2, 0.25) is 11.5 Å². The predicted molar refractivity (Wildman–Crippen MR) is 75.0 cm³/mol. The average molecular weight is 402 g/mol. The summed E-state index contributed by atoms with van der Waals surface area (Å²) in [4.78, 5) is 0. The van der Waals surface area contributed by atoms with Crippen LogP contribution in [0, 0.1) is 12.8 Å². The maximum atomic E-state index is 9.91. The van der Waals surface area contributed by atoms with Crippen LogP contribution in [0.25, 0.3) is 0 Å². The molecule has 0 fully saturated rings. The number of aryl methyl sites for hydroxylation is 1. The molecule has 2 aliphatic rings. The summed E-state index contributed by atoms with van der Waals surface area (Å²) in [6.45, 7) is 4.16. The fraction of sp³-hybridized carbons (Fsp3) is 0.214. The number of halogens is 6. The molecule has 0 saturated carbocycles. The fourth-order valence-corrected chi connectivity index (χ4v) is 1.88. The predicted octanol–water partition coefficient (Wildman–Crippen LogP) is 5.44. The number of benzene rings is 1. The summed E-state index contributed by atoms with van der Waals surface area (Å²) in [6, 6.07) is 5.96. The van der Waals surface area contributed by atoms with E-state index in [1.54, 1.807) is 0 Å². The first-order chi connectivity index (χ1) is 10.2. The summed E-state index contributed by atoms with van der Waals surface area (Å²) >= 11 is -11.1. The molecule has 1 aromatic rings. The van der Waals surface area contributed by atoms with Crippen molar-refractivity contribution in [3.05, 3.63) is 47.7 Å². The molecule has 0 aromatic heterocycles. The molecule has 0 amide bonds. The van der Waals surface area contributed by atoms with Gasteiger partial charge in [0.1, 0.15) is 0 Å². The Kier molecular flexibility index (Phi) is 3.76. The summed E-state index contributed by atoms with van der Waals surface area (Å²) < 4.78 is 71.0. The van der Waals surface area contributed by atoms with Gasteiger partial charge in [-0.05, 0) is 30.5 Å². The summed E-state index contributed by atoms with van der Waals surface area (Å²) in [6.07, 6.45) is 6.15. The van der Waals surface area contributed by atoms with Gasteiger partial charge in [0.15, 0.2) is 0 Å². The number of hydrogen-bond acceptors (Lipinski definition) is 1. The third-order valence-corrected chi connectivity index (χ3v) is 2.75. The van der Waals surface area contributed by atoms with Crippen LogP contribution in [0.4, 0.5) is 20.8 Å². The van der Waals surface area contributed by atoms with Crippen molar-refractivity contribution >= 4 is 20.0 Å². The number of allylic oxidation sites excluding steroid dienone is 3. The summed E-state index contributed by atoms with van der Waals surface area (Å²) in [7, 11) is 0. The standard InChI is InChI=1S/C14H13O2.AsF6/c1-9-3-5-11-13(7-9)15-12-6-4-10(2)8-14(12)16-11;2-1(3,4,5,6)7/h3-9H,1-2H3;/q+1;-1. The molecule has 0 spiro atoms. The molecule has 128 valence electrons. The van der Waals surface area contributed by atoms with Crippen LogP contribution in [-0.2, 0) is 4.42 Å². The number of hydrogen-bond donors (Lipinski definition) is 0. The fourth-order valence-electron chi connectivity index (χ4n) is 1.88. The Morgan fingerprint density at radius 3 is 2.30 bits per heavy atom. The van der Waals surface area contributed by atoms with Crippen molar-refractivity contribution in [2.24, 2.45) is 5.92 Å². The van der Waals surface area contributed by atoms with Gasteiger partial charge in [-0.15, -0.1) is 0 Å². The topological polar surface area (TPSA) is 20.5 Å². The van der Waals surface area contributed by atoms with E-state index >= 15 is 0 Å². The van der Waals surface area contributed by atoms with Crippen molar-refractivity contribution in [3.63, 3.8) is 0 Å². The Balaban J connectivity index is 0.000000236. The van der Waals surface area contributed by atoms with E-state index in [1.807, 2.05) is 31.2 Å². The van der Waals surface area contributed by atoms with Crippen molar-refractivity contribution in [2.75, 3.05) is 0 Å². The molecular weight excluding hydrogens is 389 g/mol. The van der Waals surface area contributed by atoms with Gasteiger partial charge >= 0.3 is 46.5 Å². The zero-order chi connectivity index (χ0) is 17.5. The van der Waals surface area contributed by atoms with Crippen LogP contribution in [0.2, 0.25) is 0 Å². The van der Waals surface area contributed by atoms with Crippen LogP contribution < -0.4 is 4.74 Å². The van der Waals surface area contributed by atoms with Gasteiger partial charge in [-0.2, -0.15) is 4.42 Å². The van der Waals surface area contributed by atoms with Crippen molar-refractivity contribution in [2.45, 2.75) is 13.8 Å². The SMILES string of the molecule is Cc1ccc2c(c1)[O+]=C1C=CC(C)C=C1O2.F[As-](F)(F)(F)(F)F. The molecule has 1 atom stereocenters. The first kappa shape index (κ1) is 17.7. The van der Waals surface area contributed by atoms with Crippen molar-refractivity contribution < 1.29 is 30.0 Å². The Labute approximate surface area is 129 Å². The van der Waals surface area contributed by atoms with Crippen LogP contribution in [0.3, 0.4) is 0 Å². The minimum absolute atomic E-state index is 0.398. The van der Waals surface area contributed by atoms with Gasteiger partial charge in [0.25, 0.3) is 0 Å². The Morgan fingerprint density at radius 2 is 1.70 bits per heavy atom. The monoisotopic (exact) mass is 402 g/mol. The maximum absolute atomic E-state index is 11.1. The van der Waals surface area contributed by atoms with Crippen molar-refractivity contribution in [1.82, 2.24) is 0 Å². The van der Waals surface area contributed by atoms with Gasteiger partial charge in [0, 0.05) is 6.08 Å². The first-order valence-electron chi connectivity index (χ1n) is 6.47. The molecule has 1 aromatic carbocycles. The van der Waals surface area contributed by atoms with Crippen molar-refractivity contribution in [1.29, 1.82) is 0 Å². The molecule has 9 heteroatoms. The number of ketones is 1. The molecular formula is C14H13AsF6O2. The number of carbonyl (C=O) groups excluding carboxylic acids is 1. The molecule has 1 unspecified atom stereocenters. The van der Waals surface area contributed by atoms with Crippen molar-refractivity contribution in [3.8, 4) is 11.5 Å². The molecule has 2 nitrogen and oxygen atoms in total. The normalized spacial score (nSPS) is 22.0. The third kappa shape index (κ3) is 6.52. The van der Waals surface area contributed by atoms with Crippen LogP contribution in [-0.4, -0.2) is 20.0 Å². The molecule has 1 aliphatic carbocycles. The van der Waals surface area contributed by atoms with Gasteiger partial charge in [0.05, 0.1) is 6.07 Å². The molecule has 0 N–H and O–H groups in total. The number of rotatable bonds is 0. The third-order valence-electron chi connectivity index (χ3n) is 2.75. The second-order valence-electron chi connectivity index (χ2n) is 5.23. The molecule has 1 aliphatic heterocycles. The van der Waals surface area contributed by atoms with Gasteiger partial charge in [-0.1, -0.05) is 19.1 Å². The van der Waals surface area contributed by atoms with Crippen LogP contribution in [0.15, 0.2) is 42.2 Å². The average Bonchev–Trinajstić information content (AvgIpc) is 2.32. The first-order valence-corrected chi connectivity index (χ1v) is 10.7. The summed E-state index contributed by atoms with van der Waals surface area (Å²) in [5.74, 6) is 3.62. The quantitative estimate of drug-likeness (QED) is 0.322. The molecule has 3 rings (SSSR count). The van der Waals surface area contributed by atoms with Crippen LogP contribution in [0.5, 0.6) is 11.5 Å². The zero-order valence-corrected chi connectivity index (χ0v) is 13.9. The van der Waals surface area contributed by atoms with E-state index in [9.17, 15) is 20.8 Å². The second-order valence-corrected chi connectivity index (χ2v) is 9.25.